The van der Waals surface area contributed by atoms with E-state index in [1.54, 1.807) is 23.0 Å². The smallest absolute Gasteiger partial charge is 0.407 e. The van der Waals surface area contributed by atoms with Gasteiger partial charge in [0.15, 0.2) is 0 Å². The topological polar surface area (TPSA) is 115 Å². The Morgan fingerprint density at radius 1 is 1.05 bits per heavy atom. The van der Waals surface area contributed by atoms with Gasteiger partial charge in [0, 0.05) is 31.7 Å². The van der Waals surface area contributed by atoms with Gasteiger partial charge < -0.3 is 25.2 Å². The number of halogens is 1. The third kappa shape index (κ3) is 9.22. The van der Waals surface area contributed by atoms with Gasteiger partial charge in [0.05, 0.1) is 13.1 Å². The highest BCUT2D eigenvalue weighted by Gasteiger charge is 2.45. The Balaban J connectivity index is 0.000000397. The van der Waals surface area contributed by atoms with E-state index in [0.29, 0.717) is 24.7 Å². The van der Waals surface area contributed by atoms with Gasteiger partial charge in [0.1, 0.15) is 19.3 Å². The molecule has 1 atom stereocenters. The molecule has 41 heavy (non-hydrogen) atoms. The van der Waals surface area contributed by atoms with Crippen molar-refractivity contribution in [3.8, 4) is 0 Å². The number of amides is 5. The van der Waals surface area contributed by atoms with Crippen molar-refractivity contribution < 1.29 is 23.9 Å². The number of alkyl carbamates (subject to hydrolysis) is 1. The first-order valence-corrected chi connectivity index (χ1v) is 13.8. The summed E-state index contributed by atoms with van der Waals surface area (Å²) in [7, 11) is 1.70. The molecule has 0 aliphatic carbocycles. The third-order valence-electron chi connectivity index (χ3n) is 6.35. The van der Waals surface area contributed by atoms with Crippen molar-refractivity contribution in [2.75, 3.05) is 39.8 Å². The quantitative estimate of drug-likeness (QED) is 0.461. The minimum Gasteiger partial charge on any atom is -0.445 e. The van der Waals surface area contributed by atoms with Crippen LogP contribution in [0.25, 0.3) is 0 Å². The van der Waals surface area contributed by atoms with Crippen LogP contribution in [0.4, 0.5) is 9.59 Å². The molecule has 0 aromatic heterocycles. The molecule has 0 radical (unpaired) electrons. The van der Waals surface area contributed by atoms with Gasteiger partial charge in [-0.25, -0.2) is 19.6 Å². The number of piperazine rings is 1. The number of rotatable bonds is 8. The molecule has 220 valence electrons. The summed E-state index contributed by atoms with van der Waals surface area (Å²) in [5, 5.41) is 9.21. The first kappa shape index (κ1) is 31.4. The van der Waals surface area contributed by atoms with Gasteiger partial charge in [0.25, 0.3) is 0 Å². The summed E-state index contributed by atoms with van der Waals surface area (Å²) in [4.78, 5) is 52.1. The molecule has 2 aliphatic heterocycles. The average Bonchev–Trinajstić information content (AvgIpc) is 2.95. The van der Waals surface area contributed by atoms with Crippen LogP contribution >= 0.6 is 11.6 Å². The lowest BCUT2D eigenvalue weighted by Crippen LogP contribution is -2.73. The van der Waals surface area contributed by atoms with Crippen molar-refractivity contribution in [2.24, 2.45) is 0 Å². The van der Waals surface area contributed by atoms with E-state index in [2.05, 4.69) is 21.9 Å². The van der Waals surface area contributed by atoms with Crippen LogP contribution < -0.4 is 10.6 Å². The number of urea groups is 1. The van der Waals surface area contributed by atoms with Crippen LogP contribution in [0.1, 0.15) is 24.5 Å². The summed E-state index contributed by atoms with van der Waals surface area (Å²) < 4.78 is 4.63. The Morgan fingerprint density at radius 2 is 1.78 bits per heavy atom. The van der Waals surface area contributed by atoms with Gasteiger partial charge in [-0.2, -0.15) is 0 Å². The molecule has 2 saturated heterocycles. The molecule has 2 aromatic carbocycles. The first-order valence-electron chi connectivity index (χ1n) is 13.4. The highest BCUT2D eigenvalue weighted by atomic mass is 35.5. The molecular weight excluding hydrogens is 548 g/mol. The monoisotopic (exact) mass is 584 g/mol. The van der Waals surface area contributed by atoms with Crippen LogP contribution in [0.5, 0.6) is 0 Å². The second-order valence-electron chi connectivity index (χ2n) is 9.52. The maximum atomic E-state index is 13.0. The summed E-state index contributed by atoms with van der Waals surface area (Å²) in [6.45, 7) is 7.26. The molecule has 4 rings (SSSR count). The zero-order valence-electron chi connectivity index (χ0n) is 23.4. The minimum absolute atomic E-state index is 0.0385. The standard InChI is InChI=1S/C22H24ClN5O3.C7H13NO2/c1-25-14-21(30)27-15-20(29)26(12-17-8-5-9-18(23)10-17)13-19(27)28(25)22(31)24-11-16-6-3-2-4-7-16;1-3-5-8-7(9)10-6-4-2/h2-10,19H,11-15H2,1H3,(H,24,31);4H,2-3,5-6H2,1H3,(H,8,9). The van der Waals surface area contributed by atoms with Gasteiger partial charge in [0.2, 0.25) is 11.8 Å². The van der Waals surface area contributed by atoms with Crippen LogP contribution in [0, 0.1) is 0 Å². The summed E-state index contributed by atoms with van der Waals surface area (Å²) in [6, 6.07) is 16.6. The predicted octanol–water partition coefficient (Wildman–Crippen LogP) is 3.22. The lowest BCUT2D eigenvalue weighted by molar-refractivity contribution is -0.178. The van der Waals surface area contributed by atoms with E-state index >= 15 is 0 Å². The fourth-order valence-corrected chi connectivity index (χ4v) is 4.58. The van der Waals surface area contributed by atoms with Crippen LogP contribution in [0.3, 0.4) is 0 Å². The third-order valence-corrected chi connectivity index (χ3v) is 6.58. The lowest BCUT2D eigenvalue weighted by atomic mass is 10.1. The number of likely N-dealkylation sites (N-methyl/N-ethyl adjacent to an activating group) is 1. The number of benzene rings is 2. The Morgan fingerprint density at radius 3 is 2.46 bits per heavy atom. The number of carbonyl (C=O) groups excluding carboxylic acids is 4. The Labute approximate surface area is 245 Å². The van der Waals surface area contributed by atoms with E-state index in [9.17, 15) is 19.2 Å². The van der Waals surface area contributed by atoms with Gasteiger partial charge >= 0.3 is 12.1 Å². The molecule has 1 unspecified atom stereocenters. The van der Waals surface area contributed by atoms with Crippen molar-refractivity contribution in [1.82, 2.24) is 30.5 Å². The van der Waals surface area contributed by atoms with E-state index in [-0.39, 0.29) is 50.2 Å². The van der Waals surface area contributed by atoms with Gasteiger partial charge in [-0.15, -0.1) is 0 Å². The van der Waals surface area contributed by atoms with Crippen molar-refractivity contribution >= 4 is 35.5 Å². The fourth-order valence-electron chi connectivity index (χ4n) is 4.37. The van der Waals surface area contributed by atoms with Crippen molar-refractivity contribution in [3.05, 3.63) is 83.4 Å². The van der Waals surface area contributed by atoms with E-state index < -0.39 is 6.17 Å². The molecular formula is C29H37ClN6O5. The molecule has 2 fully saturated rings. The van der Waals surface area contributed by atoms with Crippen LogP contribution in [-0.4, -0.2) is 89.8 Å². The summed E-state index contributed by atoms with van der Waals surface area (Å²) in [5.41, 5.74) is 1.87. The molecule has 11 nitrogen and oxygen atoms in total. The minimum atomic E-state index is -0.570. The number of hydrogen-bond acceptors (Lipinski definition) is 6. The second-order valence-corrected chi connectivity index (χ2v) is 9.96. The Hall–Kier alpha value is -4.09. The number of hydrazine groups is 1. The SMILES string of the molecule is C=CCOC(=O)NCCC.CN1CC(=O)N2CC(=O)N(Cc3cccc(Cl)c3)CC2N1C(=O)NCc1ccccc1. The maximum Gasteiger partial charge on any atom is 0.407 e. The Kier molecular flexibility index (Phi) is 12.0. The lowest BCUT2D eigenvalue weighted by Gasteiger charge is -2.51. The molecule has 0 saturated carbocycles. The first-order chi connectivity index (χ1) is 19.7. The fraction of sp³-hybridized carbons (Fsp3) is 0.379. The predicted molar refractivity (Wildman–Crippen MR) is 155 cm³/mol. The molecule has 2 aliphatic rings. The molecule has 0 spiro atoms. The summed E-state index contributed by atoms with van der Waals surface area (Å²) in [6.07, 6.45) is 1.51. The molecule has 2 aromatic rings. The maximum absolute atomic E-state index is 13.0. The number of fused-ring (bicyclic) bond motifs is 1. The van der Waals surface area contributed by atoms with E-state index in [4.69, 9.17) is 11.6 Å². The number of nitrogens with zero attached hydrogens (tertiary/aromatic N) is 4. The number of ether oxygens (including phenoxy) is 1. The van der Waals surface area contributed by atoms with Gasteiger partial charge in [-0.1, -0.05) is 73.6 Å². The zero-order chi connectivity index (χ0) is 29.8. The summed E-state index contributed by atoms with van der Waals surface area (Å²) >= 11 is 6.07. The highest BCUT2D eigenvalue weighted by molar-refractivity contribution is 6.30. The molecule has 2 N–H and O–H groups in total. The van der Waals surface area contributed by atoms with Crippen LogP contribution in [0.2, 0.25) is 5.02 Å². The highest BCUT2D eigenvalue weighted by Crippen LogP contribution is 2.23. The Bertz CT molecular complexity index is 1210. The largest absolute Gasteiger partial charge is 0.445 e. The van der Waals surface area contributed by atoms with Gasteiger partial charge in [-0.05, 0) is 29.7 Å². The molecule has 5 amide bonds. The number of hydrogen-bond donors (Lipinski definition) is 2. The normalized spacial score (nSPS) is 16.8. The van der Waals surface area contributed by atoms with E-state index in [1.165, 1.54) is 16.0 Å². The van der Waals surface area contributed by atoms with Crippen LogP contribution in [0.15, 0.2) is 67.3 Å². The molecule has 0 bridgehead atoms. The van der Waals surface area contributed by atoms with E-state index in [0.717, 1.165) is 17.5 Å². The number of carbonyl (C=O) groups is 4. The zero-order valence-corrected chi connectivity index (χ0v) is 24.2. The molecule has 12 heteroatoms. The van der Waals surface area contributed by atoms with E-state index in [1.807, 2.05) is 55.5 Å². The molecule has 2 heterocycles. The van der Waals surface area contributed by atoms with Crippen LogP contribution in [-0.2, 0) is 27.4 Å². The van der Waals surface area contributed by atoms with Crippen molar-refractivity contribution in [2.45, 2.75) is 32.6 Å². The second kappa shape index (κ2) is 15.6. The van der Waals surface area contributed by atoms with Crippen molar-refractivity contribution in [3.63, 3.8) is 0 Å². The number of nitrogens with one attached hydrogen (secondary N) is 2. The van der Waals surface area contributed by atoms with Gasteiger partial charge in [-0.3, -0.25) is 9.59 Å². The average molecular weight is 585 g/mol. The van der Waals surface area contributed by atoms with Crippen molar-refractivity contribution in [1.29, 1.82) is 0 Å². The summed E-state index contributed by atoms with van der Waals surface area (Å²) in [5.74, 6) is -0.325.